The molecule has 0 aromatic heterocycles. The van der Waals surface area contributed by atoms with E-state index >= 15 is 0 Å². The summed E-state index contributed by atoms with van der Waals surface area (Å²) in [5, 5.41) is 21.8. The Labute approximate surface area is 166 Å². The molecule has 0 aliphatic carbocycles. The van der Waals surface area contributed by atoms with Gasteiger partial charge in [0.05, 0.1) is 22.8 Å². The molecule has 2 aromatic carbocycles. The topological polar surface area (TPSA) is 102 Å². The first-order chi connectivity index (χ1) is 13.4. The number of hydrogen-bond donors (Lipinski definition) is 1. The molecule has 1 aliphatic heterocycles. The highest BCUT2D eigenvalue weighted by Gasteiger charge is 2.30. The molecule has 1 saturated heterocycles. The highest BCUT2D eigenvalue weighted by atomic mass is 32.2. The van der Waals surface area contributed by atoms with Gasteiger partial charge in [-0.05, 0) is 60.7 Å². The molecular weight excluding hydrogens is 380 g/mol. The molecule has 28 heavy (non-hydrogen) atoms. The van der Waals surface area contributed by atoms with Crippen LogP contribution in [-0.2, 0) is 4.79 Å². The summed E-state index contributed by atoms with van der Waals surface area (Å²) in [6, 6.07) is 11.0. The van der Waals surface area contributed by atoms with Crippen LogP contribution in [-0.4, -0.2) is 40.7 Å². The molecule has 0 unspecified atom stereocenters. The van der Waals surface area contributed by atoms with Crippen molar-refractivity contribution in [2.75, 3.05) is 13.7 Å². The first-order valence-corrected chi connectivity index (χ1v) is 9.25. The van der Waals surface area contributed by atoms with Gasteiger partial charge in [0, 0.05) is 7.05 Å². The molecule has 1 amide bonds. The van der Waals surface area contributed by atoms with Gasteiger partial charge >= 0.3 is 5.97 Å². The molecule has 1 aliphatic rings. The fourth-order valence-electron chi connectivity index (χ4n) is 2.50. The van der Waals surface area contributed by atoms with E-state index in [0.717, 1.165) is 11.8 Å². The quantitative estimate of drug-likeness (QED) is 0.778. The van der Waals surface area contributed by atoms with Crippen LogP contribution in [0.5, 0.6) is 11.5 Å². The average molecular weight is 397 g/mol. The summed E-state index contributed by atoms with van der Waals surface area (Å²) in [4.78, 5) is 29.6. The predicted octanol–water partition coefficient (Wildman–Crippen LogP) is 3.09. The third kappa shape index (κ3) is 4.01. The number of thioether (sulfide) groups is 1. The summed E-state index contributed by atoms with van der Waals surface area (Å²) in [7, 11) is 1.59. The first-order valence-electron chi connectivity index (χ1n) is 8.43. The van der Waals surface area contributed by atoms with Crippen molar-refractivity contribution >= 4 is 40.6 Å². The van der Waals surface area contributed by atoms with Gasteiger partial charge in [0.25, 0.3) is 5.91 Å². The van der Waals surface area contributed by atoms with Crippen molar-refractivity contribution in [3.63, 3.8) is 0 Å². The minimum Gasteiger partial charge on any atom is -0.870 e. The van der Waals surface area contributed by atoms with Crippen molar-refractivity contribution in [2.24, 2.45) is 4.99 Å². The molecule has 1 heterocycles. The first kappa shape index (κ1) is 19.5. The standard InChI is InChI=1S/C20H18N2O5S/c1-3-27-15-6-4-5-13(17(15)23)11-16-18(24)22(2)20(28-16)21-14-9-7-12(8-10-14)19(25)26/h4-11,23H,3H2,1-2H3,(H,25,26)/p-1/b16-11-,21-20?. The summed E-state index contributed by atoms with van der Waals surface area (Å²) in [6.07, 6.45) is 1.53. The summed E-state index contributed by atoms with van der Waals surface area (Å²) >= 11 is 1.15. The Kier molecular flexibility index (Phi) is 5.70. The fraction of sp³-hybridized carbons (Fsp3) is 0.150. The van der Waals surface area contributed by atoms with Gasteiger partial charge in [0.2, 0.25) is 0 Å². The molecule has 8 heteroatoms. The van der Waals surface area contributed by atoms with Gasteiger partial charge in [-0.3, -0.25) is 9.69 Å². The Morgan fingerprint density at radius 3 is 2.64 bits per heavy atom. The maximum atomic E-state index is 12.5. The molecule has 0 atom stereocenters. The number of aromatic carboxylic acids is 1. The number of aliphatic imine (C=N–C) groups is 1. The molecular formula is C20H17N2O5S-. The van der Waals surface area contributed by atoms with Crippen molar-refractivity contribution in [1.82, 2.24) is 4.90 Å². The highest BCUT2D eigenvalue weighted by molar-refractivity contribution is 8.18. The van der Waals surface area contributed by atoms with Gasteiger partial charge in [-0.25, -0.2) is 9.79 Å². The van der Waals surface area contributed by atoms with Crippen LogP contribution in [0.25, 0.3) is 6.08 Å². The number of amides is 1. The van der Waals surface area contributed by atoms with E-state index < -0.39 is 5.97 Å². The summed E-state index contributed by atoms with van der Waals surface area (Å²) in [5.74, 6) is -1.32. The molecule has 0 radical (unpaired) electrons. The van der Waals surface area contributed by atoms with Crippen molar-refractivity contribution in [3.8, 4) is 11.5 Å². The van der Waals surface area contributed by atoms with Gasteiger partial charge in [0.1, 0.15) is 5.75 Å². The Bertz CT molecular complexity index is 983. The average Bonchev–Trinajstić information content (AvgIpc) is 2.93. The lowest BCUT2D eigenvalue weighted by Crippen LogP contribution is -2.23. The SMILES string of the molecule is CCOc1cccc(/C=C2\SC(=Nc3ccc(C(=O)O)cc3)N(C)C2=O)c1[O-]. The van der Waals surface area contributed by atoms with Crippen LogP contribution in [0, 0.1) is 0 Å². The van der Waals surface area contributed by atoms with Crippen molar-refractivity contribution in [1.29, 1.82) is 0 Å². The lowest BCUT2D eigenvalue weighted by Gasteiger charge is -2.16. The number of carboxylic acid groups (broad SMARTS) is 1. The van der Waals surface area contributed by atoms with E-state index in [1.165, 1.54) is 23.1 Å². The van der Waals surface area contributed by atoms with Crippen LogP contribution in [0.4, 0.5) is 5.69 Å². The van der Waals surface area contributed by atoms with E-state index in [4.69, 9.17) is 9.84 Å². The molecule has 0 spiro atoms. The van der Waals surface area contributed by atoms with E-state index in [2.05, 4.69) is 4.99 Å². The van der Waals surface area contributed by atoms with Gasteiger partial charge in [0.15, 0.2) is 5.17 Å². The van der Waals surface area contributed by atoms with Crippen molar-refractivity contribution in [3.05, 3.63) is 58.5 Å². The number of carbonyl (C=O) groups is 2. The third-order valence-electron chi connectivity index (χ3n) is 3.94. The Morgan fingerprint density at radius 1 is 1.29 bits per heavy atom. The molecule has 144 valence electrons. The van der Waals surface area contributed by atoms with E-state index in [1.54, 1.807) is 44.3 Å². The predicted molar refractivity (Wildman–Crippen MR) is 106 cm³/mol. The highest BCUT2D eigenvalue weighted by Crippen LogP contribution is 2.36. The number of amidine groups is 1. The number of nitrogens with zero attached hydrogens (tertiary/aromatic N) is 2. The van der Waals surface area contributed by atoms with Crippen LogP contribution in [0.2, 0.25) is 0 Å². The fourth-order valence-corrected chi connectivity index (χ4v) is 3.48. The molecule has 0 saturated carbocycles. The molecule has 2 aromatic rings. The third-order valence-corrected chi connectivity index (χ3v) is 5.00. The van der Waals surface area contributed by atoms with Crippen LogP contribution in [0.1, 0.15) is 22.8 Å². The molecule has 0 bridgehead atoms. The molecule has 7 nitrogen and oxygen atoms in total. The zero-order valence-electron chi connectivity index (χ0n) is 15.2. The zero-order chi connectivity index (χ0) is 20.3. The minimum atomic E-state index is -1.02. The second kappa shape index (κ2) is 8.18. The Balaban J connectivity index is 1.88. The minimum absolute atomic E-state index is 0.158. The van der Waals surface area contributed by atoms with E-state index in [-0.39, 0.29) is 23.0 Å². The van der Waals surface area contributed by atoms with Gasteiger partial charge in [-0.2, -0.15) is 0 Å². The van der Waals surface area contributed by atoms with Crippen molar-refractivity contribution < 1.29 is 24.5 Å². The number of rotatable bonds is 5. The Hall–Kier alpha value is -3.26. The number of para-hydroxylation sites is 1. The summed E-state index contributed by atoms with van der Waals surface area (Å²) in [6.45, 7) is 2.17. The maximum Gasteiger partial charge on any atom is 0.335 e. The van der Waals surface area contributed by atoms with Crippen LogP contribution in [0.15, 0.2) is 52.4 Å². The molecule has 1 N–H and O–H groups in total. The normalized spacial score (nSPS) is 16.8. The lowest BCUT2D eigenvalue weighted by atomic mass is 10.1. The second-order valence-electron chi connectivity index (χ2n) is 5.83. The number of carbonyl (C=O) groups excluding carboxylic acids is 1. The molecule has 3 rings (SSSR count). The van der Waals surface area contributed by atoms with Crippen LogP contribution in [0.3, 0.4) is 0 Å². The van der Waals surface area contributed by atoms with Crippen molar-refractivity contribution in [2.45, 2.75) is 6.92 Å². The summed E-state index contributed by atoms with van der Waals surface area (Å²) in [5.41, 5.74) is 1.05. The van der Waals surface area contributed by atoms with Gasteiger partial charge in [-0.15, -0.1) is 0 Å². The smallest absolute Gasteiger partial charge is 0.335 e. The second-order valence-corrected chi connectivity index (χ2v) is 6.84. The monoisotopic (exact) mass is 397 g/mol. The van der Waals surface area contributed by atoms with E-state index in [0.29, 0.717) is 27.9 Å². The van der Waals surface area contributed by atoms with E-state index in [9.17, 15) is 14.7 Å². The number of benzene rings is 2. The number of hydrogen-bond acceptors (Lipinski definition) is 6. The van der Waals surface area contributed by atoms with Crippen LogP contribution >= 0.6 is 11.8 Å². The number of ether oxygens (including phenoxy) is 1. The maximum absolute atomic E-state index is 12.5. The van der Waals surface area contributed by atoms with Gasteiger partial charge < -0.3 is 14.9 Å². The number of carboxylic acids is 1. The van der Waals surface area contributed by atoms with Gasteiger partial charge in [-0.1, -0.05) is 17.9 Å². The largest absolute Gasteiger partial charge is 0.870 e. The number of likely N-dealkylation sites (N-methyl/N-ethyl adjacent to an activating group) is 1. The lowest BCUT2D eigenvalue weighted by molar-refractivity contribution is -0.270. The summed E-state index contributed by atoms with van der Waals surface area (Å²) < 4.78 is 5.31. The van der Waals surface area contributed by atoms with E-state index in [1.807, 2.05) is 0 Å². The Morgan fingerprint density at radius 2 is 2.00 bits per heavy atom. The molecule has 1 fully saturated rings. The van der Waals surface area contributed by atoms with Crippen LogP contribution < -0.4 is 9.84 Å². The zero-order valence-corrected chi connectivity index (χ0v) is 16.0.